The van der Waals surface area contributed by atoms with Gasteiger partial charge in [-0.15, -0.1) is 0 Å². The van der Waals surface area contributed by atoms with Crippen molar-refractivity contribution in [2.75, 3.05) is 0 Å². The van der Waals surface area contributed by atoms with Gasteiger partial charge in [0.25, 0.3) is 0 Å². The highest BCUT2D eigenvalue weighted by Crippen LogP contribution is 2.43. The quantitative estimate of drug-likeness (QED) is 0.583. The fourth-order valence-electron chi connectivity index (χ4n) is 1.42. The van der Waals surface area contributed by atoms with Gasteiger partial charge < -0.3 is 4.84 Å². The smallest absolute Gasteiger partial charge is 0.0790 e. The molecule has 2 heteroatoms. The summed E-state index contributed by atoms with van der Waals surface area (Å²) >= 11 is 0. The van der Waals surface area contributed by atoms with Crippen molar-refractivity contribution in [3.8, 4) is 0 Å². The first-order chi connectivity index (χ1) is 4.29. The molecular formula is C7H15NO. The van der Waals surface area contributed by atoms with Gasteiger partial charge in [0.2, 0.25) is 0 Å². The van der Waals surface area contributed by atoms with Crippen molar-refractivity contribution in [1.29, 1.82) is 0 Å². The topological polar surface area (TPSA) is 35.2 Å². The van der Waals surface area contributed by atoms with E-state index in [0.717, 1.165) is 11.8 Å². The van der Waals surface area contributed by atoms with Crippen LogP contribution in [-0.4, -0.2) is 6.10 Å². The van der Waals surface area contributed by atoms with E-state index < -0.39 is 0 Å². The Labute approximate surface area is 56.3 Å². The standard InChI is InChI=1S/C7H15NO/c1-3-6-4-7(6)5(2)9-8/h5-7H,3-4,8H2,1-2H3. The van der Waals surface area contributed by atoms with E-state index in [1.165, 1.54) is 12.8 Å². The predicted octanol–water partition coefficient (Wildman–Crippen LogP) is 1.31. The van der Waals surface area contributed by atoms with Gasteiger partial charge in [-0.05, 0) is 25.2 Å². The van der Waals surface area contributed by atoms with E-state index in [4.69, 9.17) is 10.7 Å². The molecule has 0 aromatic heterocycles. The second-order valence-electron chi connectivity index (χ2n) is 2.91. The zero-order chi connectivity index (χ0) is 6.85. The van der Waals surface area contributed by atoms with Crippen molar-refractivity contribution in [2.24, 2.45) is 17.7 Å². The lowest BCUT2D eigenvalue weighted by molar-refractivity contribution is 0.0474. The maximum atomic E-state index is 5.03. The first kappa shape index (κ1) is 7.03. The van der Waals surface area contributed by atoms with Crippen molar-refractivity contribution in [3.63, 3.8) is 0 Å². The van der Waals surface area contributed by atoms with Crippen LogP contribution in [0.5, 0.6) is 0 Å². The molecule has 9 heavy (non-hydrogen) atoms. The first-order valence-electron chi connectivity index (χ1n) is 3.65. The van der Waals surface area contributed by atoms with Gasteiger partial charge in [0, 0.05) is 0 Å². The largest absolute Gasteiger partial charge is 0.301 e. The van der Waals surface area contributed by atoms with Crippen LogP contribution in [0.4, 0.5) is 0 Å². The monoisotopic (exact) mass is 129 g/mol. The Morgan fingerprint density at radius 2 is 2.44 bits per heavy atom. The summed E-state index contributed by atoms with van der Waals surface area (Å²) < 4.78 is 0. The van der Waals surface area contributed by atoms with Crippen LogP contribution < -0.4 is 5.90 Å². The fraction of sp³-hybridized carbons (Fsp3) is 1.00. The molecule has 1 aliphatic carbocycles. The van der Waals surface area contributed by atoms with Gasteiger partial charge in [-0.3, -0.25) is 0 Å². The summed E-state index contributed by atoms with van der Waals surface area (Å²) in [6, 6.07) is 0. The molecule has 1 aliphatic rings. The molecule has 3 atom stereocenters. The molecule has 0 amide bonds. The third-order valence-electron chi connectivity index (χ3n) is 2.32. The van der Waals surface area contributed by atoms with Gasteiger partial charge in [0.05, 0.1) is 6.10 Å². The van der Waals surface area contributed by atoms with Crippen molar-refractivity contribution >= 4 is 0 Å². The van der Waals surface area contributed by atoms with Gasteiger partial charge >= 0.3 is 0 Å². The molecule has 0 heterocycles. The Kier molecular flexibility index (Phi) is 2.09. The van der Waals surface area contributed by atoms with E-state index in [1.807, 2.05) is 6.92 Å². The fourth-order valence-corrected chi connectivity index (χ4v) is 1.42. The van der Waals surface area contributed by atoms with Crippen LogP contribution in [0.25, 0.3) is 0 Å². The third-order valence-corrected chi connectivity index (χ3v) is 2.32. The van der Waals surface area contributed by atoms with E-state index in [-0.39, 0.29) is 6.10 Å². The van der Waals surface area contributed by atoms with Crippen molar-refractivity contribution < 1.29 is 4.84 Å². The molecule has 3 unspecified atom stereocenters. The summed E-state index contributed by atoms with van der Waals surface area (Å²) in [6.07, 6.45) is 2.86. The summed E-state index contributed by atoms with van der Waals surface area (Å²) in [5.74, 6) is 6.67. The zero-order valence-corrected chi connectivity index (χ0v) is 6.13. The maximum absolute atomic E-state index is 5.03. The minimum Gasteiger partial charge on any atom is -0.301 e. The SMILES string of the molecule is CCC1CC1C(C)ON. The van der Waals surface area contributed by atoms with Crippen LogP contribution in [0.15, 0.2) is 0 Å². The van der Waals surface area contributed by atoms with E-state index in [2.05, 4.69) is 6.92 Å². The summed E-state index contributed by atoms with van der Waals surface area (Å²) in [7, 11) is 0. The highest BCUT2D eigenvalue weighted by molar-refractivity contribution is 4.88. The number of rotatable bonds is 3. The molecule has 2 N–H and O–H groups in total. The van der Waals surface area contributed by atoms with Crippen LogP contribution in [0.3, 0.4) is 0 Å². The second-order valence-corrected chi connectivity index (χ2v) is 2.91. The van der Waals surface area contributed by atoms with Gasteiger partial charge in [-0.2, -0.15) is 0 Å². The molecule has 2 nitrogen and oxygen atoms in total. The molecule has 1 saturated carbocycles. The van der Waals surface area contributed by atoms with Crippen LogP contribution >= 0.6 is 0 Å². The molecule has 54 valence electrons. The molecule has 0 aromatic rings. The molecule has 1 rings (SSSR count). The normalized spacial score (nSPS) is 36.3. The minimum atomic E-state index is 0.273. The van der Waals surface area contributed by atoms with Gasteiger partial charge in [-0.25, -0.2) is 5.90 Å². The van der Waals surface area contributed by atoms with E-state index >= 15 is 0 Å². The molecule has 0 aromatic carbocycles. The maximum Gasteiger partial charge on any atom is 0.0790 e. The molecule has 1 fully saturated rings. The summed E-state index contributed by atoms with van der Waals surface area (Å²) in [6.45, 7) is 4.26. The molecule has 0 aliphatic heterocycles. The highest BCUT2D eigenvalue weighted by Gasteiger charge is 2.39. The molecule has 0 spiro atoms. The lowest BCUT2D eigenvalue weighted by Crippen LogP contribution is -2.16. The van der Waals surface area contributed by atoms with Gasteiger partial charge in [-0.1, -0.05) is 13.3 Å². The summed E-state index contributed by atoms with van der Waals surface area (Å²) in [5, 5.41) is 0. The van der Waals surface area contributed by atoms with E-state index in [0.29, 0.717) is 0 Å². The zero-order valence-electron chi connectivity index (χ0n) is 6.13. The Balaban J connectivity index is 2.17. The highest BCUT2D eigenvalue weighted by atomic mass is 16.6. The van der Waals surface area contributed by atoms with Gasteiger partial charge in [0.15, 0.2) is 0 Å². The van der Waals surface area contributed by atoms with Crippen LogP contribution in [0.1, 0.15) is 26.7 Å². The number of nitrogens with two attached hydrogens (primary N) is 1. The number of hydrogen-bond acceptors (Lipinski definition) is 2. The molecule has 0 bridgehead atoms. The summed E-state index contributed by atoms with van der Waals surface area (Å²) in [4.78, 5) is 4.71. The Hall–Kier alpha value is -0.0800. The predicted molar refractivity (Wildman–Crippen MR) is 36.6 cm³/mol. The van der Waals surface area contributed by atoms with Crippen LogP contribution in [-0.2, 0) is 4.84 Å². The molecule has 0 radical (unpaired) electrons. The lowest BCUT2D eigenvalue weighted by Gasteiger charge is -2.05. The van der Waals surface area contributed by atoms with Crippen LogP contribution in [0, 0.1) is 11.8 Å². The third kappa shape index (κ3) is 1.43. The molecule has 0 saturated heterocycles. The Morgan fingerprint density at radius 1 is 1.78 bits per heavy atom. The van der Waals surface area contributed by atoms with Crippen molar-refractivity contribution in [1.82, 2.24) is 0 Å². The summed E-state index contributed by atoms with van der Waals surface area (Å²) in [5.41, 5.74) is 0. The van der Waals surface area contributed by atoms with Crippen molar-refractivity contribution in [2.45, 2.75) is 32.8 Å². The average Bonchev–Trinajstić information content (AvgIpc) is 2.64. The minimum absolute atomic E-state index is 0.273. The van der Waals surface area contributed by atoms with E-state index in [1.54, 1.807) is 0 Å². The molecular weight excluding hydrogens is 114 g/mol. The Morgan fingerprint density at radius 3 is 2.78 bits per heavy atom. The number of hydrogen-bond donors (Lipinski definition) is 1. The average molecular weight is 129 g/mol. The van der Waals surface area contributed by atoms with E-state index in [9.17, 15) is 0 Å². The van der Waals surface area contributed by atoms with Gasteiger partial charge in [0.1, 0.15) is 0 Å². The van der Waals surface area contributed by atoms with Crippen molar-refractivity contribution in [3.05, 3.63) is 0 Å². The Bertz CT molecular complexity index is 94.9. The second kappa shape index (κ2) is 2.67. The van der Waals surface area contributed by atoms with Crippen LogP contribution in [0.2, 0.25) is 0 Å². The first-order valence-corrected chi connectivity index (χ1v) is 3.65. The lowest BCUT2D eigenvalue weighted by atomic mass is 10.2.